The lowest BCUT2D eigenvalue weighted by atomic mass is 10.2. The number of ether oxygens (including phenoxy) is 1. The highest BCUT2D eigenvalue weighted by atomic mass is 16.5. The van der Waals surface area contributed by atoms with Gasteiger partial charge in [-0.25, -0.2) is 0 Å². The maximum atomic E-state index is 11.0. The summed E-state index contributed by atoms with van der Waals surface area (Å²) >= 11 is 0. The van der Waals surface area contributed by atoms with Gasteiger partial charge in [0.15, 0.2) is 0 Å². The Bertz CT molecular complexity index is 421. The summed E-state index contributed by atoms with van der Waals surface area (Å²) in [5, 5.41) is 0. The standard InChI is InChI=1S/C15H25N3O2/c1-12(2)18(11-15(17)19)7-4-8-20-14-6-3-5-13(9-14)10-16/h3,5-6,9,12H,4,7-8,10-11,16H2,1-2H3,(H2,17,19). The van der Waals surface area contributed by atoms with Gasteiger partial charge in [-0.1, -0.05) is 12.1 Å². The summed E-state index contributed by atoms with van der Waals surface area (Å²) in [6, 6.07) is 8.07. The molecule has 1 amide bonds. The minimum absolute atomic E-state index is 0.292. The van der Waals surface area contributed by atoms with E-state index in [1.807, 2.05) is 29.2 Å². The van der Waals surface area contributed by atoms with Crippen LogP contribution in [0.1, 0.15) is 25.8 Å². The van der Waals surface area contributed by atoms with Crippen molar-refractivity contribution in [3.8, 4) is 5.75 Å². The summed E-state index contributed by atoms with van der Waals surface area (Å²) < 4.78 is 5.69. The number of nitrogens with zero attached hydrogens (tertiary/aromatic N) is 1. The van der Waals surface area contributed by atoms with Crippen LogP contribution in [0.4, 0.5) is 0 Å². The number of carbonyl (C=O) groups is 1. The molecular formula is C15H25N3O2. The van der Waals surface area contributed by atoms with Gasteiger partial charge >= 0.3 is 0 Å². The predicted molar refractivity (Wildman–Crippen MR) is 80.3 cm³/mol. The van der Waals surface area contributed by atoms with Gasteiger partial charge in [0.25, 0.3) is 0 Å². The van der Waals surface area contributed by atoms with Crippen molar-refractivity contribution in [1.82, 2.24) is 4.90 Å². The first-order valence-corrected chi connectivity index (χ1v) is 6.97. The molecule has 20 heavy (non-hydrogen) atoms. The zero-order valence-corrected chi connectivity index (χ0v) is 12.3. The monoisotopic (exact) mass is 279 g/mol. The van der Waals surface area contributed by atoms with Crippen LogP contribution in [-0.4, -0.2) is 36.5 Å². The van der Waals surface area contributed by atoms with E-state index in [-0.39, 0.29) is 5.91 Å². The van der Waals surface area contributed by atoms with Crippen molar-refractivity contribution < 1.29 is 9.53 Å². The molecule has 0 radical (unpaired) electrons. The summed E-state index contributed by atoms with van der Waals surface area (Å²) in [6.07, 6.45) is 0.846. The molecule has 1 rings (SSSR count). The van der Waals surface area contributed by atoms with Gasteiger partial charge in [-0.15, -0.1) is 0 Å². The molecule has 0 spiro atoms. The topological polar surface area (TPSA) is 81.6 Å². The highest BCUT2D eigenvalue weighted by molar-refractivity contribution is 5.75. The Morgan fingerprint density at radius 2 is 2.15 bits per heavy atom. The number of nitrogens with two attached hydrogens (primary N) is 2. The Morgan fingerprint density at radius 1 is 1.40 bits per heavy atom. The zero-order valence-electron chi connectivity index (χ0n) is 12.3. The second-order valence-corrected chi connectivity index (χ2v) is 5.08. The van der Waals surface area contributed by atoms with Crippen molar-refractivity contribution in [2.45, 2.75) is 32.9 Å². The van der Waals surface area contributed by atoms with Crippen molar-refractivity contribution in [2.24, 2.45) is 11.5 Å². The van der Waals surface area contributed by atoms with E-state index in [9.17, 15) is 4.79 Å². The molecule has 112 valence electrons. The predicted octanol–water partition coefficient (Wildman–Crippen LogP) is 1.11. The first kappa shape index (κ1) is 16.5. The Kier molecular flexibility index (Phi) is 7.04. The molecule has 5 nitrogen and oxygen atoms in total. The third-order valence-electron chi connectivity index (χ3n) is 3.08. The van der Waals surface area contributed by atoms with Gasteiger partial charge in [0.2, 0.25) is 5.91 Å². The lowest BCUT2D eigenvalue weighted by Crippen LogP contribution is -2.39. The SMILES string of the molecule is CC(C)N(CCCOc1cccc(CN)c1)CC(N)=O. The van der Waals surface area contributed by atoms with E-state index in [4.69, 9.17) is 16.2 Å². The van der Waals surface area contributed by atoms with Crippen LogP contribution in [0.5, 0.6) is 5.75 Å². The first-order chi connectivity index (χ1) is 9.52. The van der Waals surface area contributed by atoms with Gasteiger partial charge in [0, 0.05) is 19.1 Å². The van der Waals surface area contributed by atoms with Crippen LogP contribution in [0.15, 0.2) is 24.3 Å². The maximum absolute atomic E-state index is 11.0. The van der Waals surface area contributed by atoms with E-state index >= 15 is 0 Å². The van der Waals surface area contributed by atoms with Gasteiger partial charge in [0.1, 0.15) is 5.75 Å². The first-order valence-electron chi connectivity index (χ1n) is 6.97. The third-order valence-corrected chi connectivity index (χ3v) is 3.08. The van der Waals surface area contributed by atoms with Crippen LogP contribution >= 0.6 is 0 Å². The van der Waals surface area contributed by atoms with E-state index in [0.717, 1.165) is 24.3 Å². The lowest BCUT2D eigenvalue weighted by molar-refractivity contribution is -0.119. The number of amides is 1. The van der Waals surface area contributed by atoms with Crippen molar-refractivity contribution >= 4 is 5.91 Å². The minimum atomic E-state index is -0.296. The molecule has 0 atom stereocenters. The maximum Gasteiger partial charge on any atom is 0.231 e. The van der Waals surface area contributed by atoms with Gasteiger partial charge in [-0.2, -0.15) is 0 Å². The van der Waals surface area contributed by atoms with E-state index in [2.05, 4.69) is 13.8 Å². The molecule has 1 aromatic carbocycles. The van der Waals surface area contributed by atoms with E-state index in [0.29, 0.717) is 25.7 Å². The minimum Gasteiger partial charge on any atom is -0.494 e. The van der Waals surface area contributed by atoms with Gasteiger partial charge in [-0.05, 0) is 38.0 Å². The van der Waals surface area contributed by atoms with Crippen LogP contribution in [0.25, 0.3) is 0 Å². The summed E-state index contributed by atoms with van der Waals surface area (Å²) in [5.74, 6) is 0.536. The second-order valence-electron chi connectivity index (χ2n) is 5.08. The number of benzene rings is 1. The summed E-state index contributed by atoms with van der Waals surface area (Å²) in [7, 11) is 0. The van der Waals surface area contributed by atoms with Crippen molar-refractivity contribution in [3.05, 3.63) is 29.8 Å². The Morgan fingerprint density at radius 3 is 2.75 bits per heavy atom. The molecule has 5 heteroatoms. The lowest BCUT2D eigenvalue weighted by Gasteiger charge is -2.24. The number of carbonyl (C=O) groups excluding carboxylic acids is 1. The molecule has 0 saturated carbocycles. The molecule has 0 aliphatic heterocycles. The normalized spacial score (nSPS) is 11.1. The van der Waals surface area contributed by atoms with E-state index < -0.39 is 0 Å². The fraction of sp³-hybridized carbons (Fsp3) is 0.533. The number of primary amides is 1. The van der Waals surface area contributed by atoms with E-state index in [1.165, 1.54) is 0 Å². The molecular weight excluding hydrogens is 254 g/mol. The van der Waals surface area contributed by atoms with Crippen molar-refractivity contribution in [3.63, 3.8) is 0 Å². The number of hydrogen-bond donors (Lipinski definition) is 2. The third kappa shape index (κ3) is 6.04. The van der Waals surface area contributed by atoms with Crippen LogP contribution in [0.3, 0.4) is 0 Å². The summed E-state index contributed by atoms with van der Waals surface area (Å²) in [6.45, 7) is 6.30. The Balaban J connectivity index is 2.34. The molecule has 0 saturated heterocycles. The molecule has 0 bridgehead atoms. The highest BCUT2D eigenvalue weighted by Crippen LogP contribution is 2.13. The average Bonchev–Trinajstić information content (AvgIpc) is 2.41. The molecule has 0 fully saturated rings. The highest BCUT2D eigenvalue weighted by Gasteiger charge is 2.11. The second kappa shape index (κ2) is 8.55. The zero-order chi connectivity index (χ0) is 15.0. The number of rotatable bonds is 9. The molecule has 4 N–H and O–H groups in total. The Hall–Kier alpha value is -1.59. The largest absolute Gasteiger partial charge is 0.494 e. The van der Waals surface area contributed by atoms with E-state index in [1.54, 1.807) is 0 Å². The molecule has 0 aliphatic rings. The van der Waals surface area contributed by atoms with Crippen molar-refractivity contribution in [1.29, 1.82) is 0 Å². The molecule has 0 aromatic heterocycles. The fourth-order valence-electron chi connectivity index (χ4n) is 1.94. The quantitative estimate of drug-likeness (QED) is 0.663. The van der Waals surface area contributed by atoms with Gasteiger partial charge < -0.3 is 16.2 Å². The van der Waals surface area contributed by atoms with Crippen molar-refractivity contribution in [2.75, 3.05) is 19.7 Å². The van der Waals surface area contributed by atoms with Crippen LogP contribution < -0.4 is 16.2 Å². The van der Waals surface area contributed by atoms with Gasteiger partial charge in [-0.3, -0.25) is 9.69 Å². The van der Waals surface area contributed by atoms with Crippen LogP contribution in [-0.2, 0) is 11.3 Å². The fourth-order valence-corrected chi connectivity index (χ4v) is 1.94. The van der Waals surface area contributed by atoms with Crippen LogP contribution in [0.2, 0.25) is 0 Å². The summed E-state index contributed by atoms with van der Waals surface area (Å²) in [4.78, 5) is 13.0. The molecule has 0 unspecified atom stereocenters. The van der Waals surface area contributed by atoms with Crippen LogP contribution in [0, 0.1) is 0 Å². The summed E-state index contributed by atoms with van der Waals surface area (Å²) in [5.41, 5.74) is 11.9. The average molecular weight is 279 g/mol. The smallest absolute Gasteiger partial charge is 0.231 e. The Labute approximate surface area is 120 Å². The molecule has 0 heterocycles. The number of hydrogen-bond acceptors (Lipinski definition) is 4. The molecule has 1 aromatic rings. The molecule has 0 aliphatic carbocycles. The van der Waals surface area contributed by atoms with Gasteiger partial charge in [0.05, 0.1) is 13.2 Å².